The van der Waals surface area contributed by atoms with E-state index < -0.39 is 5.97 Å². The molecule has 30 heavy (non-hydrogen) atoms. The van der Waals surface area contributed by atoms with E-state index in [1.54, 1.807) is 31.4 Å². The van der Waals surface area contributed by atoms with Gasteiger partial charge in [0.1, 0.15) is 17.2 Å². The first-order valence-corrected chi connectivity index (χ1v) is 9.43. The summed E-state index contributed by atoms with van der Waals surface area (Å²) < 4.78 is 11.6. The lowest BCUT2D eigenvalue weighted by atomic mass is 9.99. The van der Waals surface area contributed by atoms with Crippen LogP contribution in [0.25, 0.3) is 27.5 Å². The molecule has 0 aliphatic carbocycles. The van der Waals surface area contributed by atoms with Crippen molar-refractivity contribution in [2.75, 3.05) is 7.11 Å². The van der Waals surface area contributed by atoms with E-state index in [1.165, 1.54) is 0 Å². The Balaban J connectivity index is 1.78. The van der Waals surface area contributed by atoms with Crippen molar-refractivity contribution >= 4 is 22.3 Å². The van der Waals surface area contributed by atoms with E-state index >= 15 is 0 Å². The average molecular weight is 396 g/mol. The number of carbonyl (C=O) groups is 1. The maximum absolute atomic E-state index is 11.1. The van der Waals surface area contributed by atoms with Crippen molar-refractivity contribution in [2.45, 2.75) is 0 Å². The average Bonchev–Trinajstić information content (AvgIpc) is 2.79. The van der Waals surface area contributed by atoms with Gasteiger partial charge >= 0.3 is 5.97 Å². The number of methoxy groups -OCH3 is 1. The normalized spacial score (nSPS) is 10.6. The summed E-state index contributed by atoms with van der Waals surface area (Å²) in [5.74, 6) is 1.10. The van der Waals surface area contributed by atoms with Crippen molar-refractivity contribution in [2.24, 2.45) is 0 Å². The molecule has 0 spiro atoms. The summed E-state index contributed by atoms with van der Waals surface area (Å²) in [4.78, 5) is 11.1. The predicted molar refractivity (Wildman–Crippen MR) is 119 cm³/mol. The Bertz CT molecular complexity index is 1220. The van der Waals surface area contributed by atoms with Crippen molar-refractivity contribution in [1.29, 1.82) is 0 Å². The molecule has 4 heteroatoms. The lowest BCUT2D eigenvalue weighted by Gasteiger charge is -2.15. The van der Waals surface area contributed by atoms with E-state index in [0.29, 0.717) is 11.3 Å². The molecule has 4 nitrogen and oxygen atoms in total. The number of rotatable bonds is 6. The second kappa shape index (κ2) is 8.13. The summed E-state index contributed by atoms with van der Waals surface area (Å²) in [5, 5.41) is 11.2. The minimum absolute atomic E-state index is 0.0469. The van der Waals surface area contributed by atoms with Gasteiger partial charge in [-0.25, -0.2) is 4.79 Å². The van der Waals surface area contributed by atoms with Gasteiger partial charge in [0.25, 0.3) is 0 Å². The molecule has 1 N–H and O–H groups in total. The molecule has 0 fully saturated rings. The van der Waals surface area contributed by atoms with Crippen LogP contribution in [0.15, 0.2) is 91.5 Å². The number of carboxylic acid groups (broad SMARTS) is 1. The van der Waals surface area contributed by atoms with Crippen molar-refractivity contribution in [3.8, 4) is 28.4 Å². The maximum atomic E-state index is 11.1. The van der Waals surface area contributed by atoms with Crippen LogP contribution in [0.1, 0.15) is 5.56 Å². The summed E-state index contributed by atoms with van der Waals surface area (Å²) >= 11 is 0. The second-order valence-electron chi connectivity index (χ2n) is 6.80. The molecule has 0 saturated carbocycles. The van der Waals surface area contributed by atoms with E-state index in [0.717, 1.165) is 33.4 Å². The summed E-state index contributed by atoms with van der Waals surface area (Å²) in [7, 11) is 1.64. The summed E-state index contributed by atoms with van der Waals surface area (Å²) in [6.45, 7) is 3.60. The minimum Gasteiger partial charge on any atom is -0.497 e. The fourth-order valence-corrected chi connectivity index (χ4v) is 3.32. The van der Waals surface area contributed by atoms with Crippen LogP contribution in [0.3, 0.4) is 0 Å². The third kappa shape index (κ3) is 3.76. The highest BCUT2D eigenvalue weighted by atomic mass is 16.5. The molecule has 0 amide bonds. The standard InChI is InChI=1S/C26H20O4/c1-17(26(27)28)18-7-14-22(15-8-18)30-25-23-6-4-3-5-19(23)11-16-24(25)20-9-12-21(29-2)13-10-20/h3-16H,1H2,2H3,(H,27,28). The monoisotopic (exact) mass is 396 g/mol. The smallest absolute Gasteiger partial charge is 0.335 e. The van der Waals surface area contributed by atoms with Gasteiger partial charge in [0, 0.05) is 10.9 Å². The van der Waals surface area contributed by atoms with Gasteiger partial charge in [-0.15, -0.1) is 0 Å². The highest BCUT2D eigenvalue weighted by Gasteiger charge is 2.13. The summed E-state index contributed by atoms with van der Waals surface area (Å²) in [5.41, 5.74) is 2.55. The molecule has 0 bridgehead atoms. The quantitative estimate of drug-likeness (QED) is 0.383. The van der Waals surface area contributed by atoms with Gasteiger partial charge in [-0.3, -0.25) is 0 Å². The molecule has 0 aliphatic heterocycles. The zero-order valence-corrected chi connectivity index (χ0v) is 16.5. The number of fused-ring (bicyclic) bond motifs is 1. The van der Waals surface area contributed by atoms with Crippen LogP contribution in [0.2, 0.25) is 0 Å². The van der Waals surface area contributed by atoms with E-state index in [4.69, 9.17) is 14.6 Å². The van der Waals surface area contributed by atoms with Crippen LogP contribution in [0, 0.1) is 0 Å². The second-order valence-corrected chi connectivity index (χ2v) is 6.80. The van der Waals surface area contributed by atoms with Crippen molar-refractivity contribution in [1.82, 2.24) is 0 Å². The van der Waals surface area contributed by atoms with Crippen molar-refractivity contribution < 1.29 is 19.4 Å². The third-order valence-corrected chi connectivity index (χ3v) is 4.96. The van der Waals surface area contributed by atoms with Crippen molar-refractivity contribution in [3.63, 3.8) is 0 Å². The SMILES string of the molecule is C=C(C(=O)O)c1ccc(Oc2c(-c3ccc(OC)cc3)ccc3ccccc23)cc1. The fraction of sp³-hybridized carbons (Fsp3) is 0.0385. The zero-order chi connectivity index (χ0) is 21.1. The van der Waals surface area contributed by atoms with Crippen LogP contribution < -0.4 is 9.47 Å². The number of hydrogen-bond donors (Lipinski definition) is 1. The topological polar surface area (TPSA) is 55.8 Å². The summed E-state index contributed by atoms with van der Waals surface area (Å²) in [6, 6.07) is 26.9. The number of carboxylic acids is 1. The van der Waals surface area contributed by atoms with Gasteiger partial charge in [-0.2, -0.15) is 0 Å². The fourth-order valence-electron chi connectivity index (χ4n) is 3.32. The Morgan fingerprint density at radius 1 is 0.833 bits per heavy atom. The molecule has 0 unspecified atom stereocenters. The Labute approximate surface area is 174 Å². The molecule has 4 aromatic rings. The first-order valence-electron chi connectivity index (χ1n) is 9.43. The number of aliphatic carboxylic acids is 1. The van der Waals surface area contributed by atoms with Gasteiger partial charge in [-0.1, -0.05) is 61.2 Å². The number of ether oxygens (including phenoxy) is 2. The molecular formula is C26H20O4. The molecule has 0 radical (unpaired) electrons. The molecule has 0 heterocycles. The lowest BCUT2D eigenvalue weighted by Crippen LogP contribution is -1.97. The molecule has 0 aliphatic rings. The first-order chi connectivity index (χ1) is 14.6. The molecular weight excluding hydrogens is 376 g/mol. The van der Waals surface area contributed by atoms with E-state index in [1.807, 2.05) is 54.6 Å². The lowest BCUT2D eigenvalue weighted by molar-refractivity contribution is -0.130. The van der Waals surface area contributed by atoms with Gasteiger partial charge in [0.15, 0.2) is 0 Å². The molecule has 0 saturated heterocycles. The Hall–Kier alpha value is -4.05. The zero-order valence-electron chi connectivity index (χ0n) is 16.5. The Kier molecular flexibility index (Phi) is 5.22. The molecule has 0 atom stereocenters. The van der Waals surface area contributed by atoms with Gasteiger partial charge in [-0.05, 0) is 46.8 Å². The van der Waals surface area contributed by atoms with Crippen LogP contribution in [0.5, 0.6) is 17.2 Å². The number of benzene rings is 4. The largest absolute Gasteiger partial charge is 0.497 e. The van der Waals surface area contributed by atoms with Crippen LogP contribution in [-0.4, -0.2) is 18.2 Å². The van der Waals surface area contributed by atoms with Crippen molar-refractivity contribution in [3.05, 3.63) is 97.1 Å². The maximum Gasteiger partial charge on any atom is 0.335 e. The van der Waals surface area contributed by atoms with E-state index in [-0.39, 0.29) is 5.57 Å². The van der Waals surface area contributed by atoms with Gasteiger partial charge in [0.2, 0.25) is 0 Å². The minimum atomic E-state index is -1.04. The Morgan fingerprint density at radius 2 is 1.50 bits per heavy atom. The van der Waals surface area contributed by atoms with Crippen LogP contribution in [-0.2, 0) is 4.79 Å². The number of hydrogen-bond acceptors (Lipinski definition) is 3. The molecule has 0 aromatic heterocycles. The highest BCUT2D eigenvalue weighted by molar-refractivity contribution is 6.14. The van der Waals surface area contributed by atoms with Gasteiger partial charge < -0.3 is 14.6 Å². The Morgan fingerprint density at radius 3 is 2.17 bits per heavy atom. The predicted octanol–water partition coefficient (Wildman–Crippen LogP) is 6.41. The third-order valence-electron chi connectivity index (χ3n) is 4.96. The van der Waals surface area contributed by atoms with E-state index in [2.05, 4.69) is 12.6 Å². The summed E-state index contributed by atoms with van der Waals surface area (Å²) in [6.07, 6.45) is 0. The first kappa shape index (κ1) is 19.3. The molecule has 4 rings (SSSR count). The van der Waals surface area contributed by atoms with E-state index in [9.17, 15) is 4.79 Å². The molecule has 148 valence electrons. The van der Waals surface area contributed by atoms with Gasteiger partial charge in [0.05, 0.1) is 12.7 Å². The van der Waals surface area contributed by atoms with Crippen LogP contribution in [0.4, 0.5) is 0 Å². The van der Waals surface area contributed by atoms with Crippen LogP contribution >= 0.6 is 0 Å². The highest BCUT2D eigenvalue weighted by Crippen LogP contribution is 2.40. The molecule has 4 aromatic carbocycles.